The van der Waals surface area contributed by atoms with Gasteiger partial charge in [-0.15, -0.1) is 21.5 Å². The number of fused-ring (bicyclic) bond motifs is 1. The average Bonchev–Trinajstić information content (AvgIpc) is 3.31. The van der Waals surface area contributed by atoms with Crippen LogP contribution in [0.2, 0.25) is 0 Å². The molecule has 0 atom stereocenters. The summed E-state index contributed by atoms with van der Waals surface area (Å²) in [6.45, 7) is 5.24. The minimum atomic E-state index is 0.288. The highest BCUT2D eigenvalue weighted by atomic mass is 32.2. The van der Waals surface area contributed by atoms with E-state index in [1.165, 1.54) is 0 Å². The van der Waals surface area contributed by atoms with Crippen LogP contribution in [0, 0.1) is 6.92 Å². The monoisotopic (exact) mass is 360 g/mol. The molecule has 0 fully saturated rings. The van der Waals surface area contributed by atoms with Crippen LogP contribution in [-0.4, -0.2) is 26.5 Å². The summed E-state index contributed by atoms with van der Waals surface area (Å²) in [5.41, 5.74) is 2.09. The highest BCUT2D eigenvalue weighted by Crippen LogP contribution is 2.37. The molecule has 4 rings (SSSR count). The Hall–Kier alpha value is -2.06. The molecule has 0 bridgehead atoms. The molecule has 2 aromatic heterocycles. The Kier molecular flexibility index (Phi) is 4.15. The van der Waals surface area contributed by atoms with Crippen LogP contribution < -0.4 is 9.47 Å². The van der Waals surface area contributed by atoms with Gasteiger partial charge in [0.25, 0.3) is 0 Å². The molecule has 1 aromatic carbocycles. The third kappa shape index (κ3) is 2.87. The van der Waals surface area contributed by atoms with Crippen LogP contribution in [0.1, 0.15) is 18.4 Å². The summed E-state index contributed by atoms with van der Waals surface area (Å²) in [4.78, 5) is 4.73. The molecule has 1 aliphatic rings. The predicted octanol–water partition coefficient (Wildman–Crippen LogP) is 3.75. The Bertz CT molecular complexity index is 875. The van der Waals surface area contributed by atoms with Gasteiger partial charge in [-0.3, -0.25) is 0 Å². The smallest absolute Gasteiger partial charge is 0.231 e. The van der Waals surface area contributed by atoms with E-state index in [0.29, 0.717) is 0 Å². The molecule has 0 unspecified atom stereocenters. The number of hydrogen-bond acceptors (Lipinski definition) is 7. The Labute approximate surface area is 147 Å². The van der Waals surface area contributed by atoms with Gasteiger partial charge in [0.05, 0.1) is 5.69 Å². The number of rotatable bonds is 5. The van der Waals surface area contributed by atoms with Crippen LogP contribution in [0.4, 0.5) is 0 Å². The fraction of sp³-hybridized carbons (Fsp3) is 0.312. The van der Waals surface area contributed by atoms with Crippen molar-refractivity contribution in [3.63, 3.8) is 0 Å². The van der Waals surface area contributed by atoms with E-state index < -0.39 is 0 Å². The maximum atomic E-state index is 5.43. The first-order valence-corrected chi connectivity index (χ1v) is 9.48. The van der Waals surface area contributed by atoms with Crippen LogP contribution in [0.15, 0.2) is 28.7 Å². The maximum Gasteiger partial charge on any atom is 0.231 e. The first-order chi connectivity index (χ1) is 11.7. The lowest BCUT2D eigenvalue weighted by Gasteiger charge is -2.03. The van der Waals surface area contributed by atoms with Crippen molar-refractivity contribution in [3.05, 3.63) is 35.1 Å². The Balaban J connectivity index is 1.49. The first kappa shape index (κ1) is 15.5. The zero-order valence-corrected chi connectivity index (χ0v) is 15.0. The summed E-state index contributed by atoms with van der Waals surface area (Å²) in [6, 6.07) is 5.93. The van der Waals surface area contributed by atoms with E-state index in [2.05, 4.69) is 27.1 Å². The molecule has 0 saturated heterocycles. The highest BCUT2D eigenvalue weighted by molar-refractivity contribution is 7.98. The molecule has 0 amide bonds. The summed E-state index contributed by atoms with van der Waals surface area (Å²) in [6.07, 6.45) is 0. The van der Waals surface area contributed by atoms with E-state index >= 15 is 0 Å². The molecular formula is C16H16N4O2S2. The van der Waals surface area contributed by atoms with Gasteiger partial charge < -0.3 is 14.0 Å². The van der Waals surface area contributed by atoms with Crippen molar-refractivity contribution in [3.8, 4) is 22.1 Å². The lowest BCUT2D eigenvalue weighted by Crippen LogP contribution is -1.99. The van der Waals surface area contributed by atoms with Gasteiger partial charge in [0.15, 0.2) is 16.7 Å². The van der Waals surface area contributed by atoms with Crippen molar-refractivity contribution in [2.75, 3.05) is 6.79 Å². The largest absolute Gasteiger partial charge is 0.454 e. The van der Waals surface area contributed by atoms with Gasteiger partial charge in [-0.25, -0.2) is 4.98 Å². The predicted molar refractivity (Wildman–Crippen MR) is 93.7 cm³/mol. The summed E-state index contributed by atoms with van der Waals surface area (Å²) < 4.78 is 12.9. The van der Waals surface area contributed by atoms with Gasteiger partial charge in [-0.05, 0) is 32.0 Å². The molecule has 124 valence electrons. The van der Waals surface area contributed by atoms with Gasteiger partial charge in [0, 0.05) is 23.2 Å². The number of thioether (sulfide) groups is 1. The van der Waals surface area contributed by atoms with Gasteiger partial charge in [0.1, 0.15) is 10.8 Å². The minimum absolute atomic E-state index is 0.288. The molecule has 6 nitrogen and oxygen atoms in total. The second kappa shape index (κ2) is 6.45. The van der Waals surface area contributed by atoms with Crippen molar-refractivity contribution in [2.45, 2.75) is 31.3 Å². The van der Waals surface area contributed by atoms with Crippen molar-refractivity contribution >= 4 is 23.1 Å². The molecule has 0 radical (unpaired) electrons. The fourth-order valence-corrected chi connectivity index (χ4v) is 4.37. The lowest BCUT2D eigenvalue weighted by atomic mass is 10.2. The molecular weight excluding hydrogens is 344 g/mol. The summed E-state index contributed by atoms with van der Waals surface area (Å²) in [5.74, 6) is 3.30. The molecule has 1 aliphatic heterocycles. The molecule has 0 N–H and O–H groups in total. The number of nitrogens with zero attached hydrogens (tertiary/aromatic N) is 4. The van der Waals surface area contributed by atoms with Crippen LogP contribution in [0.3, 0.4) is 0 Å². The standard InChI is InChI=1S/C16H16N4O2S2/c1-3-20-10(2)18-19-16(20)24-8-12-7-23-15(17-12)11-4-5-13-14(6-11)22-9-21-13/h4-7H,3,8-9H2,1-2H3. The van der Waals surface area contributed by atoms with Gasteiger partial charge >= 0.3 is 0 Å². The second-order valence-electron chi connectivity index (χ2n) is 5.27. The van der Waals surface area contributed by atoms with E-state index in [1.807, 2.05) is 25.1 Å². The van der Waals surface area contributed by atoms with Gasteiger partial charge in [-0.2, -0.15) is 0 Å². The maximum absolute atomic E-state index is 5.43. The molecule has 8 heteroatoms. The topological polar surface area (TPSA) is 62.1 Å². The molecule has 3 heterocycles. The number of aryl methyl sites for hydroxylation is 1. The quantitative estimate of drug-likeness (QED) is 0.646. The third-order valence-electron chi connectivity index (χ3n) is 3.74. The van der Waals surface area contributed by atoms with Crippen molar-refractivity contribution in [1.29, 1.82) is 0 Å². The molecule has 0 aliphatic carbocycles. The average molecular weight is 360 g/mol. The summed E-state index contributed by atoms with van der Waals surface area (Å²) in [5, 5.41) is 12.4. The Morgan fingerprint density at radius 3 is 3.00 bits per heavy atom. The summed E-state index contributed by atoms with van der Waals surface area (Å²) >= 11 is 3.30. The van der Waals surface area contributed by atoms with E-state index in [9.17, 15) is 0 Å². The van der Waals surface area contributed by atoms with Crippen molar-refractivity contribution < 1.29 is 9.47 Å². The van der Waals surface area contributed by atoms with E-state index in [1.54, 1.807) is 23.1 Å². The van der Waals surface area contributed by atoms with E-state index in [0.717, 1.165) is 51.0 Å². The van der Waals surface area contributed by atoms with Crippen LogP contribution in [-0.2, 0) is 12.3 Å². The second-order valence-corrected chi connectivity index (χ2v) is 7.08. The molecule has 0 saturated carbocycles. The molecule has 3 aromatic rings. The first-order valence-electron chi connectivity index (χ1n) is 7.61. The van der Waals surface area contributed by atoms with Crippen molar-refractivity contribution in [1.82, 2.24) is 19.7 Å². The Morgan fingerprint density at radius 2 is 2.12 bits per heavy atom. The van der Waals surface area contributed by atoms with E-state index in [4.69, 9.17) is 14.5 Å². The third-order valence-corrected chi connectivity index (χ3v) is 5.68. The van der Waals surface area contributed by atoms with E-state index in [-0.39, 0.29) is 6.79 Å². The zero-order chi connectivity index (χ0) is 16.5. The van der Waals surface area contributed by atoms with Crippen molar-refractivity contribution in [2.24, 2.45) is 0 Å². The Morgan fingerprint density at radius 1 is 1.25 bits per heavy atom. The minimum Gasteiger partial charge on any atom is -0.454 e. The number of thiazole rings is 1. The number of aromatic nitrogens is 4. The SMILES string of the molecule is CCn1c(C)nnc1SCc1csc(-c2ccc3c(c2)OCO3)n1. The van der Waals surface area contributed by atoms with Gasteiger partial charge in [0.2, 0.25) is 6.79 Å². The lowest BCUT2D eigenvalue weighted by molar-refractivity contribution is 0.174. The van der Waals surface area contributed by atoms with Gasteiger partial charge in [-0.1, -0.05) is 11.8 Å². The number of hydrogen-bond donors (Lipinski definition) is 0. The van der Waals surface area contributed by atoms with Crippen LogP contribution in [0.5, 0.6) is 11.5 Å². The fourth-order valence-electron chi connectivity index (χ4n) is 2.51. The summed E-state index contributed by atoms with van der Waals surface area (Å²) in [7, 11) is 0. The van der Waals surface area contributed by atoms with Crippen LogP contribution in [0.25, 0.3) is 10.6 Å². The number of benzene rings is 1. The number of ether oxygens (including phenoxy) is 2. The highest BCUT2D eigenvalue weighted by Gasteiger charge is 2.15. The van der Waals surface area contributed by atoms with Crippen LogP contribution >= 0.6 is 23.1 Å². The molecule has 24 heavy (non-hydrogen) atoms. The zero-order valence-electron chi connectivity index (χ0n) is 13.4. The molecule has 0 spiro atoms. The normalized spacial score (nSPS) is 12.8.